The molecule has 6 heteroatoms. The van der Waals surface area contributed by atoms with Crippen LogP contribution in [0.15, 0.2) is 36.5 Å². The van der Waals surface area contributed by atoms with E-state index in [2.05, 4.69) is 15.7 Å². The maximum absolute atomic E-state index is 12.2. The van der Waals surface area contributed by atoms with Gasteiger partial charge in [-0.1, -0.05) is 17.7 Å². The summed E-state index contributed by atoms with van der Waals surface area (Å²) in [4.78, 5) is 12.2. The van der Waals surface area contributed by atoms with Gasteiger partial charge in [0.15, 0.2) is 0 Å². The number of aryl methyl sites for hydroxylation is 1. The van der Waals surface area contributed by atoms with Crippen molar-refractivity contribution in [3.05, 3.63) is 47.8 Å². The second-order valence-electron chi connectivity index (χ2n) is 6.45. The SMILES string of the molecule is Cc1ccc(OCCCNC(=O)c2ccn(C3CCCNC3)n2)cc1. The molecule has 1 unspecified atom stereocenters. The van der Waals surface area contributed by atoms with Crippen LogP contribution in [-0.2, 0) is 0 Å². The van der Waals surface area contributed by atoms with Gasteiger partial charge in [0.1, 0.15) is 11.4 Å². The Labute approximate surface area is 148 Å². The molecule has 0 aliphatic carbocycles. The van der Waals surface area contributed by atoms with Gasteiger partial charge in [-0.15, -0.1) is 0 Å². The topological polar surface area (TPSA) is 68.2 Å². The van der Waals surface area contributed by atoms with Crippen molar-refractivity contribution in [3.8, 4) is 5.75 Å². The Balaban J connectivity index is 1.37. The molecule has 0 saturated carbocycles. The van der Waals surface area contributed by atoms with Crippen LogP contribution in [0.1, 0.15) is 41.4 Å². The Morgan fingerprint density at radius 1 is 1.36 bits per heavy atom. The number of hydrogen-bond donors (Lipinski definition) is 2. The van der Waals surface area contributed by atoms with Crippen LogP contribution in [0, 0.1) is 6.92 Å². The minimum Gasteiger partial charge on any atom is -0.494 e. The molecule has 2 aromatic rings. The Kier molecular flexibility index (Phi) is 6.06. The average molecular weight is 342 g/mol. The molecule has 1 fully saturated rings. The van der Waals surface area contributed by atoms with Crippen LogP contribution in [-0.4, -0.2) is 41.9 Å². The molecule has 0 spiro atoms. The number of aromatic nitrogens is 2. The van der Waals surface area contributed by atoms with Crippen LogP contribution in [0.4, 0.5) is 0 Å². The number of hydrogen-bond acceptors (Lipinski definition) is 4. The van der Waals surface area contributed by atoms with E-state index >= 15 is 0 Å². The molecular formula is C19H26N4O2. The highest BCUT2D eigenvalue weighted by molar-refractivity contribution is 5.92. The summed E-state index contributed by atoms with van der Waals surface area (Å²) in [6, 6.07) is 10.1. The first kappa shape index (κ1) is 17.5. The van der Waals surface area contributed by atoms with E-state index in [9.17, 15) is 4.79 Å². The minimum absolute atomic E-state index is 0.127. The predicted molar refractivity (Wildman–Crippen MR) is 97.0 cm³/mol. The second kappa shape index (κ2) is 8.67. The normalized spacial score (nSPS) is 17.2. The summed E-state index contributed by atoms with van der Waals surface area (Å²) < 4.78 is 7.56. The van der Waals surface area contributed by atoms with Crippen LogP contribution in [0.25, 0.3) is 0 Å². The summed E-state index contributed by atoms with van der Waals surface area (Å²) in [6.07, 6.45) is 4.90. The van der Waals surface area contributed by atoms with Crippen molar-refractivity contribution in [2.24, 2.45) is 0 Å². The van der Waals surface area contributed by atoms with E-state index in [0.717, 1.165) is 38.1 Å². The third-order valence-corrected chi connectivity index (χ3v) is 4.38. The molecule has 2 heterocycles. The van der Waals surface area contributed by atoms with Crippen molar-refractivity contribution < 1.29 is 9.53 Å². The van der Waals surface area contributed by atoms with Crippen molar-refractivity contribution in [2.45, 2.75) is 32.2 Å². The van der Waals surface area contributed by atoms with E-state index in [1.54, 1.807) is 6.07 Å². The lowest BCUT2D eigenvalue weighted by molar-refractivity contribution is 0.0945. The summed E-state index contributed by atoms with van der Waals surface area (Å²) in [7, 11) is 0. The summed E-state index contributed by atoms with van der Waals surface area (Å²) in [5.74, 6) is 0.731. The van der Waals surface area contributed by atoms with E-state index in [0.29, 0.717) is 24.9 Å². The Hall–Kier alpha value is -2.34. The number of carbonyl (C=O) groups is 1. The van der Waals surface area contributed by atoms with Crippen molar-refractivity contribution in [2.75, 3.05) is 26.2 Å². The summed E-state index contributed by atoms with van der Waals surface area (Å²) in [5.41, 5.74) is 1.69. The molecule has 1 atom stereocenters. The third-order valence-electron chi connectivity index (χ3n) is 4.38. The van der Waals surface area contributed by atoms with E-state index in [-0.39, 0.29) is 5.91 Å². The number of ether oxygens (including phenoxy) is 1. The monoisotopic (exact) mass is 342 g/mol. The van der Waals surface area contributed by atoms with Crippen LogP contribution in [0.5, 0.6) is 5.75 Å². The summed E-state index contributed by atoms with van der Waals surface area (Å²) in [5, 5.41) is 10.7. The molecule has 0 radical (unpaired) electrons. The van der Waals surface area contributed by atoms with Crippen molar-refractivity contribution in [1.82, 2.24) is 20.4 Å². The first-order valence-electron chi connectivity index (χ1n) is 8.96. The minimum atomic E-state index is -0.127. The smallest absolute Gasteiger partial charge is 0.271 e. The van der Waals surface area contributed by atoms with Gasteiger partial charge < -0.3 is 15.4 Å². The molecule has 1 aliphatic heterocycles. The van der Waals surface area contributed by atoms with Crippen molar-refractivity contribution >= 4 is 5.91 Å². The lowest BCUT2D eigenvalue weighted by Crippen LogP contribution is -2.32. The number of amides is 1. The number of nitrogens with one attached hydrogen (secondary N) is 2. The first-order valence-corrected chi connectivity index (χ1v) is 8.96. The third kappa shape index (κ3) is 5.06. The van der Waals surface area contributed by atoms with E-state index in [1.807, 2.05) is 42.1 Å². The fourth-order valence-corrected chi connectivity index (χ4v) is 2.91. The number of nitrogens with zero attached hydrogens (tertiary/aromatic N) is 2. The Bertz CT molecular complexity index is 675. The largest absolute Gasteiger partial charge is 0.494 e. The molecular weight excluding hydrogens is 316 g/mol. The Morgan fingerprint density at radius 2 is 2.20 bits per heavy atom. The van der Waals surface area contributed by atoms with Crippen molar-refractivity contribution in [1.29, 1.82) is 0 Å². The van der Waals surface area contributed by atoms with Gasteiger partial charge in [-0.25, -0.2) is 0 Å². The number of rotatable bonds is 7. The Morgan fingerprint density at radius 3 is 2.96 bits per heavy atom. The van der Waals surface area contributed by atoms with Gasteiger partial charge in [-0.05, 0) is 50.9 Å². The van der Waals surface area contributed by atoms with Gasteiger partial charge in [0, 0.05) is 19.3 Å². The van der Waals surface area contributed by atoms with E-state index in [1.165, 1.54) is 5.56 Å². The standard InChI is InChI=1S/C19H26N4O2/c1-15-5-7-17(8-6-15)25-13-3-11-21-19(24)18-9-12-23(22-18)16-4-2-10-20-14-16/h5-9,12,16,20H,2-4,10-11,13-14H2,1H3,(H,21,24). The zero-order chi connectivity index (χ0) is 17.5. The number of carbonyl (C=O) groups excluding carboxylic acids is 1. The first-order chi connectivity index (χ1) is 12.2. The molecule has 2 N–H and O–H groups in total. The molecule has 25 heavy (non-hydrogen) atoms. The quantitative estimate of drug-likeness (QED) is 0.758. The van der Waals surface area contributed by atoms with Gasteiger partial charge in [0.2, 0.25) is 0 Å². The highest BCUT2D eigenvalue weighted by Crippen LogP contribution is 2.15. The van der Waals surface area contributed by atoms with Gasteiger partial charge in [-0.3, -0.25) is 9.48 Å². The maximum Gasteiger partial charge on any atom is 0.271 e. The van der Waals surface area contributed by atoms with Crippen molar-refractivity contribution in [3.63, 3.8) is 0 Å². The highest BCUT2D eigenvalue weighted by atomic mass is 16.5. The van der Waals surface area contributed by atoms with Gasteiger partial charge in [-0.2, -0.15) is 5.10 Å². The number of benzene rings is 1. The molecule has 6 nitrogen and oxygen atoms in total. The molecule has 1 aromatic heterocycles. The lowest BCUT2D eigenvalue weighted by atomic mass is 10.1. The zero-order valence-electron chi connectivity index (χ0n) is 14.7. The molecule has 134 valence electrons. The fraction of sp³-hybridized carbons (Fsp3) is 0.474. The van der Waals surface area contributed by atoms with Gasteiger partial charge in [0.05, 0.1) is 12.6 Å². The lowest BCUT2D eigenvalue weighted by Gasteiger charge is -2.22. The molecule has 1 amide bonds. The number of piperidine rings is 1. The predicted octanol–water partition coefficient (Wildman–Crippen LogP) is 2.31. The van der Waals surface area contributed by atoms with E-state index < -0.39 is 0 Å². The molecule has 1 aromatic carbocycles. The maximum atomic E-state index is 12.2. The van der Waals surface area contributed by atoms with E-state index in [4.69, 9.17) is 4.74 Å². The average Bonchev–Trinajstić information content (AvgIpc) is 3.14. The summed E-state index contributed by atoms with van der Waals surface area (Å²) >= 11 is 0. The summed E-state index contributed by atoms with van der Waals surface area (Å²) in [6.45, 7) is 5.17. The molecule has 0 bridgehead atoms. The van der Waals surface area contributed by atoms with Gasteiger partial charge in [0.25, 0.3) is 5.91 Å². The van der Waals surface area contributed by atoms with Gasteiger partial charge >= 0.3 is 0 Å². The van der Waals surface area contributed by atoms with Crippen LogP contribution >= 0.6 is 0 Å². The fourth-order valence-electron chi connectivity index (χ4n) is 2.91. The second-order valence-corrected chi connectivity index (χ2v) is 6.45. The zero-order valence-corrected chi connectivity index (χ0v) is 14.7. The molecule has 1 saturated heterocycles. The van der Waals surface area contributed by atoms with Crippen LogP contribution in [0.3, 0.4) is 0 Å². The highest BCUT2D eigenvalue weighted by Gasteiger charge is 2.17. The molecule has 3 rings (SSSR count). The van der Waals surface area contributed by atoms with Crippen LogP contribution in [0.2, 0.25) is 0 Å². The van der Waals surface area contributed by atoms with Crippen LogP contribution < -0.4 is 15.4 Å². The molecule has 1 aliphatic rings.